The summed E-state index contributed by atoms with van der Waals surface area (Å²) in [6.45, 7) is 1.99. The summed E-state index contributed by atoms with van der Waals surface area (Å²) in [6, 6.07) is 7.56. The molecule has 0 radical (unpaired) electrons. The van der Waals surface area contributed by atoms with E-state index < -0.39 is 0 Å². The number of carbonyl (C=O) groups excluding carboxylic acids is 1. The SMILES string of the molecule is CNC(=O)CCCc1nc(-c2cc3cc(C)ccc3[nH]c2=O)no1. The fourth-order valence-electron chi connectivity index (χ4n) is 2.48. The molecule has 124 valence electrons. The van der Waals surface area contributed by atoms with Gasteiger partial charge >= 0.3 is 0 Å². The molecule has 1 amide bonds. The molecule has 1 aromatic carbocycles. The number of benzene rings is 1. The molecule has 2 N–H and O–H groups in total. The van der Waals surface area contributed by atoms with Crippen molar-refractivity contribution in [2.24, 2.45) is 0 Å². The first-order chi connectivity index (χ1) is 11.6. The van der Waals surface area contributed by atoms with Crippen molar-refractivity contribution >= 4 is 16.8 Å². The van der Waals surface area contributed by atoms with E-state index in [0.717, 1.165) is 16.5 Å². The summed E-state index contributed by atoms with van der Waals surface area (Å²) in [5, 5.41) is 7.36. The van der Waals surface area contributed by atoms with E-state index in [-0.39, 0.29) is 17.3 Å². The Kier molecular flexibility index (Phi) is 4.41. The molecule has 3 rings (SSSR count). The molecule has 0 aliphatic rings. The van der Waals surface area contributed by atoms with Crippen LogP contribution in [0.15, 0.2) is 33.6 Å². The van der Waals surface area contributed by atoms with E-state index in [2.05, 4.69) is 20.4 Å². The van der Waals surface area contributed by atoms with E-state index in [0.29, 0.717) is 30.7 Å². The minimum Gasteiger partial charge on any atom is -0.359 e. The molecule has 2 heterocycles. The molecule has 3 aromatic rings. The normalized spacial score (nSPS) is 10.9. The number of carbonyl (C=O) groups is 1. The van der Waals surface area contributed by atoms with E-state index in [4.69, 9.17) is 4.52 Å². The van der Waals surface area contributed by atoms with Gasteiger partial charge in [0.15, 0.2) is 0 Å². The molecular formula is C17H18N4O3. The van der Waals surface area contributed by atoms with E-state index in [9.17, 15) is 9.59 Å². The number of hydrogen-bond donors (Lipinski definition) is 2. The first-order valence-corrected chi connectivity index (χ1v) is 7.74. The summed E-state index contributed by atoms with van der Waals surface area (Å²) >= 11 is 0. The van der Waals surface area contributed by atoms with Crippen molar-refractivity contribution in [2.75, 3.05) is 7.05 Å². The molecule has 0 bridgehead atoms. The topological polar surface area (TPSA) is 101 Å². The van der Waals surface area contributed by atoms with Crippen molar-refractivity contribution in [3.05, 3.63) is 46.1 Å². The maximum atomic E-state index is 12.2. The molecule has 0 aliphatic heterocycles. The molecule has 0 saturated heterocycles. The molecule has 7 nitrogen and oxygen atoms in total. The van der Waals surface area contributed by atoms with Crippen molar-refractivity contribution in [1.29, 1.82) is 0 Å². The minimum atomic E-state index is -0.260. The van der Waals surface area contributed by atoms with Crippen LogP contribution in [0.4, 0.5) is 0 Å². The van der Waals surface area contributed by atoms with Crippen molar-refractivity contribution in [2.45, 2.75) is 26.2 Å². The van der Waals surface area contributed by atoms with Crippen LogP contribution in [0.1, 0.15) is 24.3 Å². The van der Waals surface area contributed by atoms with Crippen LogP contribution in [0.25, 0.3) is 22.3 Å². The predicted molar refractivity (Wildman–Crippen MR) is 89.6 cm³/mol. The van der Waals surface area contributed by atoms with Gasteiger partial charge < -0.3 is 14.8 Å². The number of aryl methyl sites for hydroxylation is 2. The molecular weight excluding hydrogens is 308 g/mol. The number of hydrogen-bond acceptors (Lipinski definition) is 5. The first-order valence-electron chi connectivity index (χ1n) is 7.74. The minimum absolute atomic E-state index is 0.0314. The predicted octanol–water partition coefficient (Wildman–Crippen LogP) is 1.96. The Balaban J connectivity index is 1.84. The average Bonchev–Trinajstić information content (AvgIpc) is 3.03. The summed E-state index contributed by atoms with van der Waals surface area (Å²) in [7, 11) is 1.60. The number of nitrogens with zero attached hydrogens (tertiary/aromatic N) is 2. The number of rotatable bonds is 5. The van der Waals surface area contributed by atoms with Crippen LogP contribution >= 0.6 is 0 Å². The van der Waals surface area contributed by atoms with Gasteiger partial charge in [0, 0.05) is 25.4 Å². The lowest BCUT2D eigenvalue weighted by Gasteiger charge is -2.01. The lowest BCUT2D eigenvalue weighted by molar-refractivity contribution is -0.120. The quantitative estimate of drug-likeness (QED) is 0.746. The molecule has 0 saturated carbocycles. The Morgan fingerprint density at radius 2 is 2.17 bits per heavy atom. The largest absolute Gasteiger partial charge is 0.359 e. The number of H-pyrrole nitrogens is 1. The van der Waals surface area contributed by atoms with Gasteiger partial charge in [0.05, 0.1) is 5.56 Å². The third-order valence-electron chi connectivity index (χ3n) is 3.78. The number of aromatic amines is 1. The molecule has 0 atom stereocenters. The van der Waals surface area contributed by atoms with Gasteiger partial charge in [0.25, 0.3) is 5.56 Å². The Bertz CT molecular complexity index is 942. The zero-order valence-corrected chi connectivity index (χ0v) is 13.5. The Labute approximate surface area is 138 Å². The van der Waals surface area contributed by atoms with Crippen LogP contribution in [0.5, 0.6) is 0 Å². The number of fused-ring (bicyclic) bond motifs is 1. The second-order valence-electron chi connectivity index (χ2n) is 5.64. The zero-order chi connectivity index (χ0) is 17.1. The van der Waals surface area contributed by atoms with E-state index >= 15 is 0 Å². The summed E-state index contributed by atoms with van der Waals surface area (Å²) in [4.78, 5) is 30.5. The smallest absolute Gasteiger partial charge is 0.259 e. The van der Waals surface area contributed by atoms with Crippen LogP contribution in [0.3, 0.4) is 0 Å². The lowest BCUT2D eigenvalue weighted by Crippen LogP contribution is -2.17. The Morgan fingerprint density at radius 3 is 2.96 bits per heavy atom. The monoisotopic (exact) mass is 326 g/mol. The van der Waals surface area contributed by atoms with Gasteiger partial charge in [0.2, 0.25) is 17.6 Å². The summed E-state index contributed by atoms with van der Waals surface area (Å²) < 4.78 is 5.18. The van der Waals surface area contributed by atoms with Crippen LogP contribution in [0.2, 0.25) is 0 Å². The summed E-state index contributed by atoms with van der Waals surface area (Å²) in [5.41, 5.74) is 1.98. The van der Waals surface area contributed by atoms with Gasteiger partial charge in [-0.25, -0.2) is 0 Å². The highest BCUT2D eigenvalue weighted by Crippen LogP contribution is 2.18. The van der Waals surface area contributed by atoms with Gasteiger partial charge in [-0.05, 0) is 36.9 Å². The summed E-state index contributed by atoms with van der Waals surface area (Å²) in [6.07, 6.45) is 1.49. The second-order valence-corrected chi connectivity index (χ2v) is 5.64. The van der Waals surface area contributed by atoms with Crippen LogP contribution in [-0.2, 0) is 11.2 Å². The van der Waals surface area contributed by atoms with E-state index in [1.165, 1.54) is 0 Å². The van der Waals surface area contributed by atoms with Gasteiger partial charge in [-0.15, -0.1) is 0 Å². The van der Waals surface area contributed by atoms with E-state index in [1.54, 1.807) is 13.1 Å². The Hall–Kier alpha value is -2.96. The van der Waals surface area contributed by atoms with Crippen molar-refractivity contribution in [3.8, 4) is 11.4 Å². The van der Waals surface area contributed by atoms with Gasteiger partial charge in [-0.2, -0.15) is 4.98 Å². The van der Waals surface area contributed by atoms with Gasteiger partial charge in [-0.1, -0.05) is 16.8 Å². The highest BCUT2D eigenvalue weighted by atomic mass is 16.5. The van der Waals surface area contributed by atoms with E-state index in [1.807, 2.05) is 25.1 Å². The maximum Gasteiger partial charge on any atom is 0.259 e. The van der Waals surface area contributed by atoms with Crippen LogP contribution < -0.4 is 10.9 Å². The molecule has 24 heavy (non-hydrogen) atoms. The van der Waals surface area contributed by atoms with Crippen molar-refractivity contribution < 1.29 is 9.32 Å². The fourth-order valence-corrected chi connectivity index (χ4v) is 2.48. The molecule has 0 aliphatic carbocycles. The third-order valence-corrected chi connectivity index (χ3v) is 3.78. The molecule has 2 aromatic heterocycles. The first kappa shape index (κ1) is 15.9. The van der Waals surface area contributed by atoms with Crippen LogP contribution in [0, 0.1) is 6.92 Å². The number of nitrogens with one attached hydrogen (secondary N) is 2. The molecule has 0 unspecified atom stereocenters. The van der Waals surface area contributed by atoms with Crippen LogP contribution in [-0.4, -0.2) is 28.1 Å². The standard InChI is InChI=1S/C17H18N4O3/c1-10-6-7-13-11(8-10)9-12(17(23)19-13)16-20-15(24-21-16)5-3-4-14(22)18-2/h6-9H,3-5H2,1-2H3,(H,18,22)(H,19,23). The highest BCUT2D eigenvalue weighted by molar-refractivity contribution is 5.82. The number of aromatic nitrogens is 3. The number of pyridine rings is 1. The third kappa shape index (κ3) is 3.34. The zero-order valence-electron chi connectivity index (χ0n) is 13.5. The fraction of sp³-hybridized carbons (Fsp3) is 0.294. The molecule has 0 spiro atoms. The highest BCUT2D eigenvalue weighted by Gasteiger charge is 2.13. The average molecular weight is 326 g/mol. The maximum absolute atomic E-state index is 12.2. The summed E-state index contributed by atoms with van der Waals surface area (Å²) in [5.74, 6) is 0.642. The van der Waals surface area contributed by atoms with Crippen molar-refractivity contribution in [1.82, 2.24) is 20.4 Å². The second kappa shape index (κ2) is 6.66. The van der Waals surface area contributed by atoms with Gasteiger partial charge in [0.1, 0.15) is 0 Å². The van der Waals surface area contributed by atoms with Crippen molar-refractivity contribution in [3.63, 3.8) is 0 Å². The lowest BCUT2D eigenvalue weighted by atomic mass is 10.1. The molecule has 7 heteroatoms. The molecule has 0 fully saturated rings. The van der Waals surface area contributed by atoms with Gasteiger partial charge in [-0.3, -0.25) is 9.59 Å². The Morgan fingerprint density at radius 1 is 1.33 bits per heavy atom. The number of amides is 1.